The Bertz CT molecular complexity index is 1220. The first-order valence-corrected chi connectivity index (χ1v) is 8.77. The number of nitrogens with zero attached hydrogens (tertiary/aromatic N) is 1. The standard InChI is InChI=1S/C23H18N2O3/c1-28-19-10-8-16-12-18(7-6-17(16)13-19)23(27)25-24-14-21-20-5-3-2-4-15(20)9-11-22(21)26/h2-14,26H,1H3,(H,25,27). The molecule has 1 amide bonds. The number of rotatable bonds is 4. The Hall–Kier alpha value is -3.86. The van der Waals surface area contributed by atoms with Crippen molar-refractivity contribution in [2.75, 3.05) is 7.11 Å². The molecule has 5 heteroatoms. The van der Waals surface area contributed by atoms with Gasteiger partial charge >= 0.3 is 0 Å². The molecular weight excluding hydrogens is 352 g/mol. The molecule has 0 saturated heterocycles. The number of nitrogens with one attached hydrogen (secondary N) is 1. The summed E-state index contributed by atoms with van der Waals surface area (Å²) in [6.07, 6.45) is 1.46. The average molecular weight is 370 g/mol. The summed E-state index contributed by atoms with van der Waals surface area (Å²) >= 11 is 0. The summed E-state index contributed by atoms with van der Waals surface area (Å²) in [5, 5.41) is 17.9. The van der Waals surface area contributed by atoms with Crippen molar-refractivity contribution >= 4 is 33.7 Å². The third-order valence-electron chi connectivity index (χ3n) is 4.62. The summed E-state index contributed by atoms with van der Waals surface area (Å²) in [4.78, 5) is 12.4. The second-order valence-electron chi connectivity index (χ2n) is 6.35. The highest BCUT2D eigenvalue weighted by Gasteiger charge is 2.07. The van der Waals surface area contributed by atoms with Gasteiger partial charge in [0.1, 0.15) is 11.5 Å². The highest BCUT2D eigenvalue weighted by Crippen LogP contribution is 2.25. The molecule has 0 spiro atoms. The Morgan fingerprint density at radius 2 is 1.71 bits per heavy atom. The zero-order valence-corrected chi connectivity index (χ0v) is 15.2. The van der Waals surface area contributed by atoms with Crippen molar-refractivity contribution in [1.82, 2.24) is 5.43 Å². The van der Waals surface area contributed by atoms with Crippen LogP contribution < -0.4 is 10.2 Å². The fourth-order valence-electron chi connectivity index (χ4n) is 3.13. The molecule has 0 bridgehead atoms. The van der Waals surface area contributed by atoms with Gasteiger partial charge in [-0.05, 0) is 51.9 Å². The molecule has 4 aromatic carbocycles. The molecule has 5 nitrogen and oxygen atoms in total. The number of amides is 1. The van der Waals surface area contributed by atoms with Crippen molar-refractivity contribution in [2.45, 2.75) is 0 Å². The molecule has 0 aliphatic rings. The van der Waals surface area contributed by atoms with Gasteiger partial charge in [0.15, 0.2) is 0 Å². The van der Waals surface area contributed by atoms with E-state index in [9.17, 15) is 9.90 Å². The lowest BCUT2D eigenvalue weighted by Gasteiger charge is -2.06. The lowest BCUT2D eigenvalue weighted by Crippen LogP contribution is -2.17. The second kappa shape index (κ2) is 7.40. The zero-order valence-electron chi connectivity index (χ0n) is 15.2. The monoisotopic (exact) mass is 370 g/mol. The van der Waals surface area contributed by atoms with Gasteiger partial charge in [0, 0.05) is 11.1 Å². The summed E-state index contributed by atoms with van der Waals surface area (Å²) in [5.74, 6) is 0.550. The first-order chi connectivity index (χ1) is 13.7. The first kappa shape index (κ1) is 17.5. The largest absolute Gasteiger partial charge is 0.507 e. The van der Waals surface area contributed by atoms with Crippen LogP contribution in [0.1, 0.15) is 15.9 Å². The quantitative estimate of drug-likeness (QED) is 0.411. The van der Waals surface area contributed by atoms with Crippen molar-refractivity contribution < 1.29 is 14.6 Å². The van der Waals surface area contributed by atoms with Gasteiger partial charge in [-0.1, -0.05) is 42.5 Å². The molecule has 4 aromatic rings. The van der Waals surface area contributed by atoms with Crippen LogP contribution in [0.3, 0.4) is 0 Å². The van der Waals surface area contributed by atoms with Crippen LogP contribution in [0.15, 0.2) is 77.9 Å². The minimum absolute atomic E-state index is 0.108. The van der Waals surface area contributed by atoms with E-state index in [0.717, 1.165) is 27.3 Å². The van der Waals surface area contributed by atoms with E-state index in [0.29, 0.717) is 11.1 Å². The van der Waals surface area contributed by atoms with Crippen LogP contribution in [0, 0.1) is 0 Å². The third kappa shape index (κ3) is 3.38. The molecule has 0 unspecified atom stereocenters. The van der Waals surface area contributed by atoms with Crippen molar-refractivity contribution in [3.63, 3.8) is 0 Å². The highest BCUT2D eigenvalue weighted by molar-refractivity contribution is 6.03. The Morgan fingerprint density at radius 3 is 2.57 bits per heavy atom. The molecule has 0 aromatic heterocycles. The Balaban J connectivity index is 1.56. The number of carbonyl (C=O) groups excluding carboxylic acids is 1. The summed E-state index contributed by atoms with van der Waals surface area (Å²) in [5.41, 5.74) is 3.58. The van der Waals surface area contributed by atoms with E-state index in [4.69, 9.17) is 4.74 Å². The smallest absolute Gasteiger partial charge is 0.271 e. The predicted molar refractivity (Wildman–Crippen MR) is 111 cm³/mol. The van der Waals surface area contributed by atoms with Gasteiger partial charge in [-0.25, -0.2) is 5.43 Å². The maximum absolute atomic E-state index is 12.4. The van der Waals surface area contributed by atoms with Gasteiger partial charge in [0.05, 0.1) is 13.3 Å². The van der Waals surface area contributed by atoms with Crippen molar-refractivity contribution in [3.05, 3.63) is 83.9 Å². The van der Waals surface area contributed by atoms with Crippen LogP contribution in [0.4, 0.5) is 0 Å². The molecule has 0 heterocycles. The Labute approximate surface area is 161 Å². The molecular formula is C23H18N2O3. The lowest BCUT2D eigenvalue weighted by molar-refractivity contribution is 0.0955. The summed E-state index contributed by atoms with van der Waals surface area (Å²) in [7, 11) is 1.62. The van der Waals surface area contributed by atoms with E-state index < -0.39 is 0 Å². The number of fused-ring (bicyclic) bond motifs is 2. The molecule has 0 fully saturated rings. The molecule has 138 valence electrons. The van der Waals surface area contributed by atoms with Crippen molar-refractivity contribution in [1.29, 1.82) is 0 Å². The van der Waals surface area contributed by atoms with Gasteiger partial charge in [-0.15, -0.1) is 0 Å². The number of phenolic OH excluding ortho intramolecular Hbond substituents is 1. The number of aromatic hydroxyl groups is 1. The number of benzene rings is 4. The van der Waals surface area contributed by atoms with Crippen LogP contribution in [0.25, 0.3) is 21.5 Å². The Morgan fingerprint density at radius 1 is 0.964 bits per heavy atom. The number of hydrazone groups is 1. The van der Waals surface area contributed by atoms with Crippen LogP contribution in [-0.2, 0) is 0 Å². The first-order valence-electron chi connectivity index (χ1n) is 8.77. The maximum atomic E-state index is 12.4. The SMILES string of the molecule is COc1ccc2cc(C(=O)NN=Cc3c(O)ccc4ccccc34)ccc2c1. The predicted octanol–water partition coefficient (Wildman–Crippen LogP) is 4.47. The molecule has 0 saturated carbocycles. The van der Waals surface area contributed by atoms with Crippen molar-refractivity contribution in [3.8, 4) is 11.5 Å². The highest BCUT2D eigenvalue weighted by atomic mass is 16.5. The molecule has 2 N–H and O–H groups in total. The number of carbonyl (C=O) groups is 1. The van der Waals surface area contributed by atoms with Crippen molar-refractivity contribution in [2.24, 2.45) is 5.10 Å². The normalized spacial score (nSPS) is 11.2. The van der Waals surface area contributed by atoms with E-state index in [-0.39, 0.29) is 11.7 Å². The summed E-state index contributed by atoms with van der Waals surface area (Å²) in [6.45, 7) is 0. The molecule has 0 aliphatic carbocycles. The topological polar surface area (TPSA) is 70.9 Å². The van der Waals surface area contributed by atoms with E-state index in [2.05, 4.69) is 10.5 Å². The number of hydrogen-bond donors (Lipinski definition) is 2. The van der Waals surface area contributed by atoms with E-state index in [1.54, 1.807) is 25.3 Å². The average Bonchev–Trinajstić information content (AvgIpc) is 2.74. The number of methoxy groups -OCH3 is 1. The number of phenols is 1. The third-order valence-corrected chi connectivity index (χ3v) is 4.62. The lowest BCUT2D eigenvalue weighted by atomic mass is 10.0. The number of ether oxygens (including phenoxy) is 1. The minimum Gasteiger partial charge on any atom is -0.507 e. The molecule has 4 rings (SSSR count). The Kier molecular flexibility index (Phi) is 4.64. The van der Waals surface area contributed by atoms with E-state index >= 15 is 0 Å². The van der Waals surface area contributed by atoms with Gasteiger partial charge < -0.3 is 9.84 Å². The minimum atomic E-state index is -0.325. The van der Waals surface area contributed by atoms with Crippen LogP contribution in [0.2, 0.25) is 0 Å². The fourth-order valence-corrected chi connectivity index (χ4v) is 3.13. The number of hydrogen-bond acceptors (Lipinski definition) is 4. The molecule has 28 heavy (non-hydrogen) atoms. The van der Waals surface area contributed by atoms with Gasteiger partial charge in [0.2, 0.25) is 0 Å². The fraction of sp³-hybridized carbons (Fsp3) is 0.0435. The summed E-state index contributed by atoms with van der Waals surface area (Å²) in [6, 6.07) is 22.2. The second-order valence-corrected chi connectivity index (χ2v) is 6.35. The summed E-state index contributed by atoms with van der Waals surface area (Å²) < 4.78 is 5.22. The molecule has 0 aliphatic heterocycles. The van der Waals surface area contributed by atoms with Crippen LogP contribution >= 0.6 is 0 Å². The van der Waals surface area contributed by atoms with E-state index in [1.165, 1.54) is 6.21 Å². The van der Waals surface area contributed by atoms with Crippen LogP contribution in [-0.4, -0.2) is 24.3 Å². The molecule has 0 radical (unpaired) electrons. The molecule has 0 atom stereocenters. The van der Waals surface area contributed by atoms with Gasteiger partial charge in [0.25, 0.3) is 5.91 Å². The zero-order chi connectivity index (χ0) is 19.5. The van der Waals surface area contributed by atoms with E-state index in [1.807, 2.05) is 54.6 Å². The van der Waals surface area contributed by atoms with Gasteiger partial charge in [-0.3, -0.25) is 4.79 Å². The maximum Gasteiger partial charge on any atom is 0.271 e. The van der Waals surface area contributed by atoms with Gasteiger partial charge in [-0.2, -0.15) is 5.10 Å². The van der Waals surface area contributed by atoms with Crippen LogP contribution in [0.5, 0.6) is 11.5 Å².